The average molecular weight is 465 g/mol. The van der Waals surface area contributed by atoms with Gasteiger partial charge in [-0.3, -0.25) is 9.59 Å². The molecule has 7 nitrogen and oxygen atoms in total. The summed E-state index contributed by atoms with van der Waals surface area (Å²) in [6.45, 7) is 5.72. The molecule has 180 valence electrons. The van der Waals surface area contributed by atoms with Crippen molar-refractivity contribution < 1.29 is 24.2 Å². The van der Waals surface area contributed by atoms with E-state index in [0.29, 0.717) is 25.7 Å². The summed E-state index contributed by atoms with van der Waals surface area (Å²) in [5.74, 6) is -2.13. The SMILES string of the molecule is C=CCCC(NC(=O)OCC1c2ccccc2-c2ccccc21)C(=O)NCC(CCC)C(=O)O. The highest BCUT2D eigenvalue weighted by molar-refractivity contribution is 5.86. The van der Waals surface area contributed by atoms with E-state index in [0.717, 1.165) is 22.3 Å². The monoisotopic (exact) mass is 464 g/mol. The van der Waals surface area contributed by atoms with Gasteiger partial charge < -0.3 is 20.5 Å². The van der Waals surface area contributed by atoms with Crippen molar-refractivity contribution >= 4 is 18.0 Å². The number of nitrogens with one attached hydrogen (secondary N) is 2. The van der Waals surface area contributed by atoms with Crippen LogP contribution in [0.25, 0.3) is 11.1 Å². The highest BCUT2D eigenvalue weighted by Gasteiger charge is 2.30. The van der Waals surface area contributed by atoms with E-state index >= 15 is 0 Å². The van der Waals surface area contributed by atoms with Crippen molar-refractivity contribution in [3.63, 3.8) is 0 Å². The molecule has 2 atom stereocenters. The molecule has 3 rings (SSSR count). The third-order valence-corrected chi connectivity index (χ3v) is 6.12. The lowest BCUT2D eigenvalue weighted by Crippen LogP contribution is -2.48. The van der Waals surface area contributed by atoms with E-state index in [2.05, 4.69) is 29.3 Å². The first kappa shape index (κ1) is 25.0. The van der Waals surface area contributed by atoms with Crippen LogP contribution in [0.5, 0.6) is 0 Å². The molecule has 2 aromatic rings. The zero-order valence-electron chi connectivity index (χ0n) is 19.5. The molecule has 7 heteroatoms. The Balaban J connectivity index is 1.61. The summed E-state index contributed by atoms with van der Waals surface area (Å²) in [7, 11) is 0. The van der Waals surface area contributed by atoms with Gasteiger partial charge in [-0.15, -0.1) is 6.58 Å². The smallest absolute Gasteiger partial charge is 0.407 e. The van der Waals surface area contributed by atoms with Crippen LogP contribution in [0.3, 0.4) is 0 Å². The normalized spacial score (nSPS) is 13.8. The zero-order valence-corrected chi connectivity index (χ0v) is 19.5. The second kappa shape index (κ2) is 12.0. The molecule has 0 radical (unpaired) electrons. The van der Waals surface area contributed by atoms with Gasteiger partial charge in [0.2, 0.25) is 5.91 Å². The topological polar surface area (TPSA) is 105 Å². The van der Waals surface area contributed by atoms with Gasteiger partial charge in [0.25, 0.3) is 0 Å². The Kier molecular flexibility index (Phi) is 8.85. The number of rotatable bonds is 12. The number of ether oxygens (including phenoxy) is 1. The van der Waals surface area contributed by atoms with E-state index in [1.807, 2.05) is 43.3 Å². The van der Waals surface area contributed by atoms with Crippen LogP contribution in [-0.2, 0) is 14.3 Å². The van der Waals surface area contributed by atoms with Crippen molar-refractivity contribution in [3.05, 3.63) is 72.3 Å². The number of alkyl carbamates (subject to hydrolysis) is 1. The van der Waals surface area contributed by atoms with Crippen molar-refractivity contribution in [1.82, 2.24) is 10.6 Å². The van der Waals surface area contributed by atoms with Crippen LogP contribution in [0.15, 0.2) is 61.2 Å². The van der Waals surface area contributed by atoms with Gasteiger partial charge in [-0.05, 0) is 41.5 Å². The molecule has 2 amide bonds. The van der Waals surface area contributed by atoms with Crippen LogP contribution < -0.4 is 10.6 Å². The van der Waals surface area contributed by atoms with Gasteiger partial charge >= 0.3 is 12.1 Å². The number of hydrogen-bond donors (Lipinski definition) is 3. The summed E-state index contributed by atoms with van der Waals surface area (Å²) >= 11 is 0. The number of carbonyl (C=O) groups excluding carboxylic acids is 2. The molecular weight excluding hydrogens is 432 g/mol. The second-order valence-corrected chi connectivity index (χ2v) is 8.46. The van der Waals surface area contributed by atoms with E-state index in [4.69, 9.17) is 4.74 Å². The van der Waals surface area contributed by atoms with E-state index in [9.17, 15) is 19.5 Å². The first-order valence-corrected chi connectivity index (χ1v) is 11.7. The van der Waals surface area contributed by atoms with Gasteiger partial charge in [0.1, 0.15) is 12.6 Å². The Morgan fingerprint density at radius 1 is 1.06 bits per heavy atom. The van der Waals surface area contributed by atoms with Crippen LogP contribution in [0.2, 0.25) is 0 Å². The summed E-state index contributed by atoms with van der Waals surface area (Å²) in [4.78, 5) is 36.7. The third kappa shape index (κ3) is 6.04. The molecule has 0 saturated carbocycles. The molecule has 0 saturated heterocycles. The number of allylic oxidation sites excluding steroid dienone is 1. The molecule has 0 bridgehead atoms. The number of hydrogen-bond acceptors (Lipinski definition) is 4. The number of fused-ring (bicyclic) bond motifs is 3. The van der Waals surface area contributed by atoms with E-state index in [1.54, 1.807) is 6.08 Å². The van der Waals surface area contributed by atoms with Gasteiger partial charge in [0, 0.05) is 12.5 Å². The summed E-state index contributed by atoms with van der Waals surface area (Å²) in [6, 6.07) is 15.3. The van der Waals surface area contributed by atoms with Crippen molar-refractivity contribution in [2.45, 2.75) is 44.6 Å². The molecule has 1 aliphatic carbocycles. The number of carbonyl (C=O) groups is 3. The fourth-order valence-electron chi connectivity index (χ4n) is 4.34. The third-order valence-electron chi connectivity index (χ3n) is 6.12. The molecule has 2 aromatic carbocycles. The number of aliphatic carboxylic acids is 1. The van der Waals surface area contributed by atoms with Crippen molar-refractivity contribution in [3.8, 4) is 11.1 Å². The minimum atomic E-state index is -0.950. The van der Waals surface area contributed by atoms with Gasteiger partial charge in [0.15, 0.2) is 0 Å². The van der Waals surface area contributed by atoms with Crippen LogP contribution in [0, 0.1) is 5.92 Å². The maximum Gasteiger partial charge on any atom is 0.407 e. The minimum absolute atomic E-state index is 0.0129. The molecule has 0 fully saturated rings. The molecular formula is C27H32N2O5. The van der Waals surface area contributed by atoms with Crippen molar-refractivity contribution in [1.29, 1.82) is 0 Å². The lowest BCUT2D eigenvalue weighted by atomic mass is 9.98. The highest BCUT2D eigenvalue weighted by Crippen LogP contribution is 2.44. The van der Waals surface area contributed by atoms with E-state index in [-0.39, 0.29) is 19.1 Å². The summed E-state index contributed by atoms with van der Waals surface area (Å²) in [5, 5.41) is 14.6. The molecule has 3 N–H and O–H groups in total. The van der Waals surface area contributed by atoms with E-state index in [1.165, 1.54) is 0 Å². The molecule has 0 spiro atoms. The average Bonchev–Trinajstić information content (AvgIpc) is 3.16. The maximum atomic E-state index is 12.7. The van der Waals surface area contributed by atoms with E-state index < -0.39 is 29.9 Å². The molecule has 2 unspecified atom stereocenters. The van der Waals surface area contributed by atoms with Crippen molar-refractivity contribution in [2.24, 2.45) is 5.92 Å². The molecule has 0 aliphatic heterocycles. The molecule has 0 heterocycles. The highest BCUT2D eigenvalue weighted by atomic mass is 16.5. The quantitative estimate of drug-likeness (QED) is 0.402. The number of carboxylic acids is 1. The first-order chi connectivity index (χ1) is 16.5. The lowest BCUT2D eigenvalue weighted by Gasteiger charge is -2.20. The first-order valence-electron chi connectivity index (χ1n) is 11.7. The standard InChI is InChI=1S/C27H32N2O5/c1-3-5-15-24(25(30)28-16-18(10-4-2)26(31)32)29-27(33)34-17-23-21-13-8-6-11-19(21)20-12-7-9-14-22(20)23/h3,6-9,11-14,18,23-24H,1,4-5,10,15-17H2,2H3,(H,28,30)(H,29,33)(H,31,32). The Hall–Kier alpha value is -3.61. The Labute approximate surface area is 200 Å². The summed E-state index contributed by atoms with van der Waals surface area (Å²) in [6.07, 6.45) is 2.99. The number of amides is 2. The van der Waals surface area contributed by atoms with Gasteiger partial charge in [-0.2, -0.15) is 0 Å². The summed E-state index contributed by atoms with van der Waals surface area (Å²) < 4.78 is 5.55. The molecule has 34 heavy (non-hydrogen) atoms. The van der Waals surface area contributed by atoms with Crippen LogP contribution in [0.1, 0.15) is 49.7 Å². The van der Waals surface area contributed by atoms with Crippen LogP contribution in [0.4, 0.5) is 4.79 Å². The largest absolute Gasteiger partial charge is 0.481 e. The second-order valence-electron chi connectivity index (χ2n) is 8.46. The fourth-order valence-corrected chi connectivity index (χ4v) is 4.34. The lowest BCUT2D eigenvalue weighted by molar-refractivity contribution is -0.142. The maximum absolute atomic E-state index is 12.7. The molecule has 0 aromatic heterocycles. The van der Waals surface area contributed by atoms with Crippen LogP contribution >= 0.6 is 0 Å². The van der Waals surface area contributed by atoms with Crippen molar-refractivity contribution in [2.75, 3.05) is 13.2 Å². The predicted octanol–water partition coefficient (Wildman–Crippen LogP) is 4.48. The van der Waals surface area contributed by atoms with Crippen LogP contribution in [-0.4, -0.2) is 42.3 Å². The van der Waals surface area contributed by atoms with Gasteiger partial charge in [-0.25, -0.2) is 4.79 Å². The number of carboxylic acid groups (broad SMARTS) is 1. The predicted molar refractivity (Wildman–Crippen MR) is 130 cm³/mol. The fraction of sp³-hybridized carbons (Fsp3) is 0.370. The molecule has 1 aliphatic rings. The number of benzene rings is 2. The zero-order chi connectivity index (χ0) is 24.5. The van der Waals surface area contributed by atoms with Gasteiger partial charge in [0.05, 0.1) is 5.92 Å². The Morgan fingerprint density at radius 3 is 2.24 bits per heavy atom. The van der Waals surface area contributed by atoms with Gasteiger partial charge in [-0.1, -0.05) is 68.0 Å². The summed E-state index contributed by atoms with van der Waals surface area (Å²) in [5.41, 5.74) is 4.48. The Bertz CT molecular complexity index is 990. The Morgan fingerprint density at radius 2 is 1.68 bits per heavy atom. The minimum Gasteiger partial charge on any atom is -0.481 e.